The lowest BCUT2D eigenvalue weighted by Gasteiger charge is -2.31. The molecule has 2 aromatic rings. The van der Waals surface area contributed by atoms with E-state index in [0.29, 0.717) is 17.1 Å². The highest BCUT2D eigenvalue weighted by atomic mass is 16.6. The number of carbonyl (C=O) groups is 3. The predicted molar refractivity (Wildman–Crippen MR) is 104 cm³/mol. The fraction of sp³-hybridized carbons (Fsp3) is 0.286. The molecule has 0 fully saturated rings. The zero-order valence-electron chi connectivity index (χ0n) is 16.0. The molecule has 1 aliphatic heterocycles. The van der Waals surface area contributed by atoms with Crippen molar-refractivity contribution in [2.24, 2.45) is 0 Å². The number of aryl methyl sites for hydroxylation is 1. The van der Waals surface area contributed by atoms with Gasteiger partial charge in [0.25, 0.3) is 5.91 Å². The van der Waals surface area contributed by atoms with Gasteiger partial charge in [-0.2, -0.15) is 0 Å². The average molecular weight is 382 g/mol. The lowest BCUT2D eigenvalue weighted by atomic mass is 10.1. The van der Waals surface area contributed by atoms with Crippen LogP contribution in [0.2, 0.25) is 0 Å². The molecule has 0 bridgehead atoms. The number of nitrogens with zero attached hydrogens (tertiary/aromatic N) is 1. The quantitative estimate of drug-likeness (QED) is 0.804. The maximum atomic E-state index is 12.8. The van der Waals surface area contributed by atoms with Gasteiger partial charge in [-0.15, -0.1) is 0 Å². The van der Waals surface area contributed by atoms with Crippen molar-refractivity contribution >= 4 is 29.2 Å². The molecular weight excluding hydrogens is 360 g/mol. The fourth-order valence-electron chi connectivity index (χ4n) is 2.84. The number of esters is 1. The van der Waals surface area contributed by atoms with Gasteiger partial charge in [0.2, 0.25) is 5.91 Å². The van der Waals surface area contributed by atoms with Crippen LogP contribution in [0.1, 0.15) is 19.4 Å². The van der Waals surface area contributed by atoms with Crippen molar-refractivity contribution in [3.8, 4) is 5.75 Å². The van der Waals surface area contributed by atoms with Crippen molar-refractivity contribution in [3.63, 3.8) is 0 Å². The summed E-state index contributed by atoms with van der Waals surface area (Å²) in [6.07, 6.45) is -1.94. The zero-order chi connectivity index (χ0) is 20.3. The van der Waals surface area contributed by atoms with Crippen LogP contribution in [0.15, 0.2) is 48.5 Å². The molecule has 2 atom stereocenters. The van der Waals surface area contributed by atoms with Gasteiger partial charge >= 0.3 is 5.97 Å². The summed E-state index contributed by atoms with van der Waals surface area (Å²) in [4.78, 5) is 38.3. The highest BCUT2D eigenvalue weighted by Crippen LogP contribution is 2.29. The van der Waals surface area contributed by atoms with E-state index in [2.05, 4.69) is 5.32 Å². The molecule has 146 valence electrons. The molecule has 0 radical (unpaired) electrons. The van der Waals surface area contributed by atoms with Crippen LogP contribution in [-0.4, -0.2) is 36.5 Å². The number of nitrogens with one attached hydrogen (secondary N) is 1. The van der Waals surface area contributed by atoms with Crippen LogP contribution in [0.5, 0.6) is 5.75 Å². The standard InChI is InChI=1S/C21H22N2O5/c1-13-8-10-16(11-9-13)27-15(3)21(26)28-14(2)20(25)23-12-19(24)22-17-6-4-5-7-18(17)23/h4-11,14-15H,12H2,1-3H3,(H,22,24)/t14-,15+/m1/s1. The summed E-state index contributed by atoms with van der Waals surface area (Å²) in [7, 11) is 0. The Hall–Kier alpha value is -3.35. The van der Waals surface area contributed by atoms with Crippen LogP contribution in [0.3, 0.4) is 0 Å². The topological polar surface area (TPSA) is 84.9 Å². The minimum Gasteiger partial charge on any atom is -0.479 e. The van der Waals surface area contributed by atoms with Gasteiger partial charge in [0.05, 0.1) is 11.4 Å². The summed E-state index contributed by atoms with van der Waals surface area (Å²) >= 11 is 0. The van der Waals surface area contributed by atoms with Crippen LogP contribution >= 0.6 is 0 Å². The number of rotatable bonds is 5. The molecule has 3 rings (SSSR count). The Labute approximate surface area is 163 Å². The second kappa shape index (κ2) is 8.12. The molecule has 0 aromatic heterocycles. The van der Waals surface area contributed by atoms with Crippen LogP contribution in [0, 0.1) is 6.92 Å². The summed E-state index contributed by atoms with van der Waals surface area (Å²) in [5, 5.41) is 2.71. The Balaban J connectivity index is 1.64. The maximum Gasteiger partial charge on any atom is 0.347 e. The first-order valence-corrected chi connectivity index (χ1v) is 8.99. The minimum atomic E-state index is -1.06. The number of fused-ring (bicyclic) bond motifs is 1. The van der Waals surface area contributed by atoms with Gasteiger partial charge in [-0.3, -0.25) is 14.5 Å². The highest BCUT2D eigenvalue weighted by molar-refractivity contribution is 6.11. The highest BCUT2D eigenvalue weighted by Gasteiger charge is 2.32. The van der Waals surface area contributed by atoms with Gasteiger partial charge in [0.15, 0.2) is 12.2 Å². The van der Waals surface area contributed by atoms with Gasteiger partial charge in [-0.05, 0) is 45.0 Å². The summed E-state index contributed by atoms with van der Waals surface area (Å²) in [5.74, 6) is -0.897. The monoisotopic (exact) mass is 382 g/mol. The molecule has 0 aliphatic carbocycles. The number of benzene rings is 2. The average Bonchev–Trinajstić information content (AvgIpc) is 2.68. The normalized spacial score (nSPS) is 15.1. The van der Waals surface area contributed by atoms with Gasteiger partial charge in [0, 0.05) is 0 Å². The van der Waals surface area contributed by atoms with E-state index in [1.165, 1.54) is 11.8 Å². The van der Waals surface area contributed by atoms with Crippen LogP contribution < -0.4 is 15.0 Å². The Morgan fingerprint density at radius 2 is 1.71 bits per heavy atom. The molecule has 2 amide bonds. The third-order valence-electron chi connectivity index (χ3n) is 4.34. The first kappa shape index (κ1) is 19.4. The molecule has 1 N–H and O–H groups in total. The van der Waals surface area contributed by atoms with Crippen LogP contribution in [-0.2, 0) is 19.1 Å². The van der Waals surface area contributed by atoms with Gasteiger partial charge in [-0.25, -0.2) is 4.79 Å². The predicted octanol–water partition coefficient (Wildman–Crippen LogP) is 2.68. The van der Waals surface area contributed by atoms with E-state index in [-0.39, 0.29) is 12.5 Å². The summed E-state index contributed by atoms with van der Waals surface area (Å²) in [6.45, 7) is 4.86. The number of amides is 2. The SMILES string of the molecule is Cc1ccc(O[C@@H](C)C(=O)O[C@H](C)C(=O)N2CC(=O)Nc3ccccc32)cc1. The first-order valence-electron chi connectivity index (χ1n) is 8.99. The second-order valence-corrected chi connectivity index (χ2v) is 6.64. The van der Waals surface area contributed by atoms with Crippen LogP contribution in [0.4, 0.5) is 11.4 Å². The zero-order valence-corrected chi connectivity index (χ0v) is 16.0. The third kappa shape index (κ3) is 4.31. The Bertz CT molecular complexity index is 894. The van der Waals surface area contributed by atoms with E-state index >= 15 is 0 Å². The fourth-order valence-corrected chi connectivity index (χ4v) is 2.84. The van der Waals surface area contributed by atoms with E-state index in [0.717, 1.165) is 5.56 Å². The molecule has 28 heavy (non-hydrogen) atoms. The number of ether oxygens (including phenoxy) is 2. The Kier molecular flexibility index (Phi) is 5.63. The molecule has 1 heterocycles. The molecule has 2 aromatic carbocycles. The molecule has 7 heteroatoms. The molecule has 1 aliphatic rings. The van der Waals surface area contributed by atoms with Gasteiger partial charge in [-0.1, -0.05) is 29.8 Å². The van der Waals surface area contributed by atoms with Crippen molar-refractivity contribution in [2.75, 3.05) is 16.8 Å². The number of hydrogen-bond donors (Lipinski definition) is 1. The van der Waals surface area contributed by atoms with Crippen molar-refractivity contribution in [2.45, 2.75) is 33.0 Å². The molecular formula is C21H22N2O5. The minimum absolute atomic E-state index is 0.132. The van der Waals surface area contributed by atoms with Crippen molar-refractivity contribution in [1.82, 2.24) is 0 Å². The number of hydrogen-bond acceptors (Lipinski definition) is 5. The third-order valence-corrected chi connectivity index (χ3v) is 4.34. The van der Waals surface area contributed by atoms with Crippen molar-refractivity contribution in [1.29, 1.82) is 0 Å². The van der Waals surface area contributed by atoms with E-state index in [9.17, 15) is 14.4 Å². The first-order chi connectivity index (χ1) is 13.3. The van der Waals surface area contributed by atoms with Gasteiger partial charge in [0.1, 0.15) is 12.3 Å². The molecule has 0 saturated heterocycles. The number of anilines is 2. The smallest absolute Gasteiger partial charge is 0.347 e. The largest absolute Gasteiger partial charge is 0.479 e. The molecule has 0 spiro atoms. The van der Waals surface area contributed by atoms with E-state index < -0.39 is 24.1 Å². The Morgan fingerprint density at radius 3 is 2.43 bits per heavy atom. The summed E-state index contributed by atoms with van der Waals surface area (Å²) in [6, 6.07) is 14.2. The molecule has 7 nitrogen and oxygen atoms in total. The van der Waals surface area contributed by atoms with E-state index in [1.807, 2.05) is 19.1 Å². The maximum absolute atomic E-state index is 12.8. The molecule has 0 saturated carbocycles. The summed E-state index contributed by atoms with van der Waals surface area (Å²) < 4.78 is 10.9. The second-order valence-electron chi connectivity index (χ2n) is 6.64. The Morgan fingerprint density at radius 1 is 1.04 bits per heavy atom. The number of para-hydroxylation sites is 2. The lowest BCUT2D eigenvalue weighted by Crippen LogP contribution is -2.47. The van der Waals surface area contributed by atoms with E-state index in [4.69, 9.17) is 9.47 Å². The molecule has 0 unspecified atom stereocenters. The van der Waals surface area contributed by atoms with E-state index in [1.54, 1.807) is 43.3 Å². The lowest BCUT2D eigenvalue weighted by molar-refractivity contribution is -0.160. The summed E-state index contributed by atoms with van der Waals surface area (Å²) in [5.41, 5.74) is 2.19. The van der Waals surface area contributed by atoms with Crippen molar-refractivity contribution < 1.29 is 23.9 Å². The van der Waals surface area contributed by atoms with Gasteiger partial charge < -0.3 is 14.8 Å². The van der Waals surface area contributed by atoms with Crippen LogP contribution in [0.25, 0.3) is 0 Å². The van der Waals surface area contributed by atoms with Crippen molar-refractivity contribution in [3.05, 3.63) is 54.1 Å². The number of carbonyl (C=O) groups excluding carboxylic acids is 3.